The molecule has 0 bridgehead atoms. The number of hydrogen-bond acceptors (Lipinski definition) is 6. The summed E-state index contributed by atoms with van der Waals surface area (Å²) in [6, 6.07) is 0.982. The molecule has 1 saturated heterocycles. The lowest BCUT2D eigenvalue weighted by Crippen LogP contribution is -2.51. The fourth-order valence-electron chi connectivity index (χ4n) is 2.56. The van der Waals surface area contributed by atoms with Gasteiger partial charge in [0, 0.05) is 12.3 Å². The standard InChI is InChI=1S/C10H11FN2O6/c1-8(17)6(13-3-2-4(14)12-7(13)16)19-10(11)5(15)9(8,10)18/h2-3,5-6,15,17-18H,1H3,(H,12,14,16)/t5?,6-,8+,9+,10-/m1/s1. The van der Waals surface area contributed by atoms with E-state index < -0.39 is 40.6 Å². The highest BCUT2D eigenvalue weighted by atomic mass is 19.2. The van der Waals surface area contributed by atoms with Crippen molar-refractivity contribution in [2.45, 2.75) is 36.3 Å². The molecular formula is C10H11FN2O6. The first-order valence-corrected chi connectivity index (χ1v) is 5.47. The summed E-state index contributed by atoms with van der Waals surface area (Å²) >= 11 is 0. The van der Waals surface area contributed by atoms with E-state index in [1.807, 2.05) is 4.98 Å². The number of aromatic nitrogens is 2. The minimum absolute atomic E-state index is 0.669. The highest BCUT2D eigenvalue weighted by Crippen LogP contribution is 2.67. The van der Waals surface area contributed by atoms with Crippen molar-refractivity contribution in [3.63, 3.8) is 0 Å². The Kier molecular flexibility index (Phi) is 2.05. The molecule has 3 rings (SSSR count). The second kappa shape index (κ2) is 3.12. The van der Waals surface area contributed by atoms with Crippen LogP contribution in [-0.4, -0.2) is 48.0 Å². The maximum Gasteiger partial charge on any atom is 0.330 e. The summed E-state index contributed by atoms with van der Waals surface area (Å²) in [4.78, 5) is 24.4. The minimum atomic E-state index is -2.84. The number of hydrogen-bond donors (Lipinski definition) is 4. The second-order valence-electron chi connectivity index (χ2n) is 4.95. The molecule has 1 saturated carbocycles. The van der Waals surface area contributed by atoms with Gasteiger partial charge in [-0.2, -0.15) is 0 Å². The molecule has 9 heteroatoms. The van der Waals surface area contributed by atoms with Gasteiger partial charge in [0.15, 0.2) is 17.9 Å². The number of alkyl halides is 1. The first kappa shape index (κ1) is 12.5. The van der Waals surface area contributed by atoms with Crippen LogP contribution in [0.5, 0.6) is 0 Å². The van der Waals surface area contributed by atoms with E-state index in [0.29, 0.717) is 0 Å². The Hall–Kier alpha value is -1.55. The van der Waals surface area contributed by atoms with Crippen LogP contribution in [0.3, 0.4) is 0 Å². The molecule has 1 aromatic rings. The third kappa shape index (κ3) is 1.16. The van der Waals surface area contributed by atoms with Crippen LogP contribution >= 0.6 is 0 Å². The molecule has 0 amide bonds. The van der Waals surface area contributed by atoms with Gasteiger partial charge in [-0.15, -0.1) is 0 Å². The topological polar surface area (TPSA) is 125 Å². The Labute approximate surface area is 104 Å². The predicted molar refractivity (Wildman–Crippen MR) is 56.9 cm³/mol. The molecular weight excluding hydrogens is 263 g/mol. The van der Waals surface area contributed by atoms with Crippen molar-refractivity contribution >= 4 is 0 Å². The van der Waals surface area contributed by atoms with E-state index in [-0.39, 0.29) is 0 Å². The number of ether oxygens (including phenoxy) is 1. The number of H-pyrrole nitrogens is 1. The van der Waals surface area contributed by atoms with Crippen molar-refractivity contribution in [2.75, 3.05) is 0 Å². The smallest absolute Gasteiger partial charge is 0.330 e. The van der Waals surface area contributed by atoms with Crippen LogP contribution < -0.4 is 11.2 Å². The van der Waals surface area contributed by atoms with Gasteiger partial charge >= 0.3 is 5.69 Å². The van der Waals surface area contributed by atoms with Gasteiger partial charge in [0.25, 0.3) is 11.4 Å². The number of aliphatic hydroxyl groups is 3. The van der Waals surface area contributed by atoms with Crippen molar-refractivity contribution in [1.29, 1.82) is 0 Å². The lowest BCUT2D eigenvalue weighted by atomic mass is 9.95. The highest BCUT2D eigenvalue weighted by molar-refractivity contribution is 5.34. The molecule has 8 nitrogen and oxygen atoms in total. The van der Waals surface area contributed by atoms with Gasteiger partial charge in [0.2, 0.25) is 0 Å². The first-order chi connectivity index (χ1) is 8.66. The van der Waals surface area contributed by atoms with Crippen molar-refractivity contribution in [1.82, 2.24) is 9.55 Å². The Bertz CT molecular complexity index is 668. The SMILES string of the molecule is C[C@]1(O)[C@H](n2ccc(=O)[nH]c2=O)O[C@]2(F)C(O)[C@]12O. The van der Waals surface area contributed by atoms with E-state index in [2.05, 4.69) is 0 Å². The molecule has 104 valence electrons. The van der Waals surface area contributed by atoms with Gasteiger partial charge in [0.05, 0.1) is 0 Å². The summed E-state index contributed by atoms with van der Waals surface area (Å²) in [6.45, 7) is 1.03. The second-order valence-corrected chi connectivity index (χ2v) is 4.95. The van der Waals surface area contributed by atoms with Crippen LogP contribution in [0, 0.1) is 0 Å². The van der Waals surface area contributed by atoms with Gasteiger partial charge in [-0.05, 0) is 6.92 Å². The molecule has 0 radical (unpaired) electrons. The minimum Gasteiger partial charge on any atom is -0.384 e. The van der Waals surface area contributed by atoms with Crippen molar-refractivity contribution in [2.24, 2.45) is 0 Å². The van der Waals surface area contributed by atoms with Crippen LogP contribution in [0.4, 0.5) is 4.39 Å². The average molecular weight is 274 g/mol. The lowest BCUT2D eigenvalue weighted by molar-refractivity contribution is -0.183. The van der Waals surface area contributed by atoms with E-state index in [9.17, 15) is 29.3 Å². The van der Waals surface area contributed by atoms with Crippen molar-refractivity contribution in [3.05, 3.63) is 33.1 Å². The lowest BCUT2D eigenvalue weighted by Gasteiger charge is -2.31. The summed E-state index contributed by atoms with van der Waals surface area (Å²) < 4.78 is 19.6. The third-order valence-corrected chi connectivity index (χ3v) is 3.82. The zero-order chi connectivity index (χ0) is 14.2. The summed E-state index contributed by atoms with van der Waals surface area (Å²) in [7, 11) is 0. The van der Waals surface area contributed by atoms with Crippen LogP contribution in [0.1, 0.15) is 13.2 Å². The number of nitrogens with zero attached hydrogens (tertiary/aromatic N) is 1. The molecule has 1 aliphatic carbocycles. The molecule has 0 spiro atoms. The third-order valence-electron chi connectivity index (χ3n) is 3.82. The zero-order valence-electron chi connectivity index (χ0n) is 9.70. The Morgan fingerprint density at radius 1 is 1.47 bits per heavy atom. The largest absolute Gasteiger partial charge is 0.384 e. The Balaban J connectivity index is 2.10. The van der Waals surface area contributed by atoms with E-state index in [4.69, 9.17) is 4.74 Å². The Morgan fingerprint density at radius 2 is 2.11 bits per heavy atom. The molecule has 0 aromatic carbocycles. The van der Waals surface area contributed by atoms with Crippen molar-refractivity contribution < 1.29 is 24.4 Å². The maximum atomic E-state index is 14.0. The normalized spacial score (nSPS) is 48.1. The van der Waals surface area contributed by atoms with Crippen molar-refractivity contribution in [3.8, 4) is 0 Å². The van der Waals surface area contributed by atoms with E-state index in [1.54, 1.807) is 0 Å². The fraction of sp³-hybridized carbons (Fsp3) is 0.600. The monoisotopic (exact) mass is 274 g/mol. The van der Waals surface area contributed by atoms with Gasteiger partial charge in [0.1, 0.15) is 5.60 Å². The maximum absolute atomic E-state index is 14.0. The van der Waals surface area contributed by atoms with Gasteiger partial charge in [-0.25, -0.2) is 9.18 Å². The summed E-state index contributed by atoms with van der Waals surface area (Å²) in [5.41, 5.74) is -6.36. The van der Waals surface area contributed by atoms with Gasteiger partial charge in [-0.3, -0.25) is 14.3 Å². The summed E-state index contributed by atoms with van der Waals surface area (Å²) in [5, 5.41) is 29.4. The number of fused-ring (bicyclic) bond motifs is 1. The van der Waals surface area contributed by atoms with E-state index in [0.717, 1.165) is 23.8 Å². The Morgan fingerprint density at radius 3 is 2.58 bits per heavy atom. The molecule has 5 atom stereocenters. The van der Waals surface area contributed by atoms with Crippen LogP contribution in [0.2, 0.25) is 0 Å². The fourth-order valence-corrected chi connectivity index (χ4v) is 2.56. The molecule has 1 unspecified atom stereocenters. The summed E-state index contributed by atoms with van der Waals surface area (Å²) in [6.07, 6.45) is -2.47. The molecule has 2 heterocycles. The highest BCUT2D eigenvalue weighted by Gasteiger charge is 2.93. The molecule has 2 aliphatic rings. The summed E-state index contributed by atoms with van der Waals surface area (Å²) in [5.74, 6) is -2.84. The van der Waals surface area contributed by atoms with E-state index in [1.165, 1.54) is 0 Å². The number of halogens is 1. The quantitative estimate of drug-likeness (QED) is 0.452. The zero-order valence-corrected chi connectivity index (χ0v) is 9.70. The van der Waals surface area contributed by atoms with Gasteiger partial charge in [-0.1, -0.05) is 0 Å². The van der Waals surface area contributed by atoms with Crippen LogP contribution in [0.15, 0.2) is 21.9 Å². The number of rotatable bonds is 1. The van der Waals surface area contributed by atoms with Gasteiger partial charge < -0.3 is 20.1 Å². The molecule has 2 fully saturated rings. The van der Waals surface area contributed by atoms with E-state index >= 15 is 0 Å². The number of aliphatic hydroxyl groups excluding tert-OH is 1. The molecule has 1 aliphatic heterocycles. The predicted octanol–water partition coefficient (Wildman–Crippen LogP) is -2.41. The van der Waals surface area contributed by atoms with Crippen LogP contribution in [-0.2, 0) is 4.74 Å². The number of aromatic amines is 1. The number of nitrogens with one attached hydrogen (secondary N) is 1. The average Bonchev–Trinajstić information content (AvgIpc) is 2.67. The molecule has 1 aromatic heterocycles. The first-order valence-electron chi connectivity index (χ1n) is 5.47. The van der Waals surface area contributed by atoms with Crippen LogP contribution in [0.25, 0.3) is 0 Å². The molecule has 19 heavy (non-hydrogen) atoms. The molecule has 4 N–H and O–H groups in total.